The van der Waals surface area contributed by atoms with Crippen molar-refractivity contribution in [3.8, 4) is 0 Å². The standard InChI is InChI=1S/C11H17NO2S/c1-9(12-2)8-10-4-6-11(7-5-10)15(3,13)14/h4-7,9,12H,8H2,1-3H3/t9-/m0/s1. The lowest BCUT2D eigenvalue weighted by Crippen LogP contribution is -2.23. The third kappa shape index (κ3) is 3.64. The summed E-state index contributed by atoms with van der Waals surface area (Å²) >= 11 is 0. The lowest BCUT2D eigenvalue weighted by molar-refractivity contribution is 0.601. The third-order valence-electron chi connectivity index (χ3n) is 2.39. The maximum Gasteiger partial charge on any atom is 0.175 e. The van der Waals surface area contributed by atoms with Gasteiger partial charge in [0.05, 0.1) is 4.90 Å². The van der Waals surface area contributed by atoms with Gasteiger partial charge in [-0.2, -0.15) is 0 Å². The lowest BCUT2D eigenvalue weighted by atomic mass is 10.1. The zero-order valence-electron chi connectivity index (χ0n) is 9.32. The molecular formula is C11H17NO2S. The average molecular weight is 227 g/mol. The van der Waals surface area contributed by atoms with Crippen molar-refractivity contribution >= 4 is 9.84 Å². The second kappa shape index (κ2) is 4.77. The molecule has 1 aromatic carbocycles. The highest BCUT2D eigenvalue weighted by molar-refractivity contribution is 7.90. The summed E-state index contributed by atoms with van der Waals surface area (Å²) in [5.41, 5.74) is 1.14. The van der Waals surface area contributed by atoms with Crippen molar-refractivity contribution in [2.24, 2.45) is 0 Å². The van der Waals surface area contributed by atoms with Gasteiger partial charge in [-0.25, -0.2) is 8.42 Å². The monoisotopic (exact) mass is 227 g/mol. The van der Waals surface area contributed by atoms with Crippen molar-refractivity contribution in [3.05, 3.63) is 29.8 Å². The molecular weight excluding hydrogens is 210 g/mol. The van der Waals surface area contributed by atoms with Gasteiger partial charge >= 0.3 is 0 Å². The number of sulfone groups is 1. The zero-order valence-corrected chi connectivity index (χ0v) is 10.1. The maximum absolute atomic E-state index is 11.2. The van der Waals surface area contributed by atoms with Crippen molar-refractivity contribution in [1.82, 2.24) is 5.32 Å². The Kier molecular flexibility index (Phi) is 3.88. The first-order valence-electron chi connectivity index (χ1n) is 4.89. The molecule has 0 amide bonds. The van der Waals surface area contributed by atoms with Crippen LogP contribution in [0, 0.1) is 0 Å². The summed E-state index contributed by atoms with van der Waals surface area (Å²) in [6, 6.07) is 7.45. The van der Waals surface area contributed by atoms with Crippen molar-refractivity contribution in [2.45, 2.75) is 24.3 Å². The van der Waals surface area contributed by atoms with Gasteiger partial charge in [-0.05, 0) is 38.1 Å². The molecule has 0 aliphatic carbocycles. The quantitative estimate of drug-likeness (QED) is 0.842. The molecule has 1 N–H and O–H groups in total. The zero-order chi connectivity index (χ0) is 11.5. The van der Waals surface area contributed by atoms with E-state index in [1.165, 1.54) is 6.26 Å². The molecule has 0 saturated carbocycles. The average Bonchev–Trinajstić information content (AvgIpc) is 2.17. The molecule has 0 bridgehead atoms. The van der Waals surface area contributed by atoms with Crippen LogP contribution in [0.1, 0.15) is 12.5 Å². The lowest BCUT2D eigenvalue weighted by Gasteiger charge is -2.09. The molecule has 0 fully saturated rings. The third-order valence-corrected chi connectivity index (χ3v) is 3.51. The molecule has 0 aromatic heterocycles. The van der Waals surface area contributed by atoms with Gasteiger partial charge in [0, 0.05) is 12.3 Å². The molecule has 84 valence electrons. The van der Waals surface area contributed by atoms with Crippen molar-refractivity contribution in [1.29, 1.82) is 0 Å². The van der Waals surface area contributed by atoms with E-state index in [0.717, 1.165) is 12.0 Å². The molecule has 0 radical (unpaired) electrons. The van der Waals surface area contributed by atoms with E-state index < -0.39 is 9.84 Å². The largest absolute Gasteiger partial charge is 0.317 e. The van der Waals surface area contributed by atoms with Crippen molar-refractivity contribution in [2.75, 3.05) is 13.3 Å². The number of hydrogen-bond donors (Lipinski definition) is 1. The Bertz CT molecular complexity index is 409. The van der Waals surface area contributed by atoms with Gasteiger partial charge in [-0.15, -0.1) is 0 Å². The fourth-order valence-corrected chi connectivity index (χ4v) is 1.96. The van der Waals surface area contributed by atoms with Crippen LogP contribution in [0.4, 0.5) is 0 Å². The van der Waals surface area contributed by atoms with Crippen LogP contribution in [0.2, 0.25) is 0 Å². The van der Waals surface area contributed by atoms with Gasteiger partial charge in [-0.3, -0.25) is 0 Å². The highest BCUT2D eigenvalue weighted by Crippen LogP contribution is 2.11. The Balaban J connectivity index is 2.82. The van der Waals surface area contributed by atoms with Crippen LogP contribution in [0.5, 0.6) is 0 Å². The Morgan fingerprint density at radius 3 is 2.20 bits per heavy atom. The summed E-state index contributed by atoms with van der Waals surface area (Å²) in [7, 11) is -1.16. The van der Waals surface area contributed by atoms with Crippen LogP contribution in [0.25, 0.3) is 0 Å². The van der Waals surface area contributed by atoms with Crippen LogP contribution in [0.15, 0.2) is 29.2 Å². The van der Waals surface area contributed by atoms with Gasteiger partial charge in [0.1, 0.15) is 0 Å². The van der Waals surface area contributed by atoms with Gasteiger partial charge in [0.15, 0.2) is 9.84 Å². The molecule has 1 aromatic rings. The minimum absolute atomic E-state index is 0.378. The summed E-state index contributed by atoms with van der Waals surface area (Å²) in [6.45, 7) is 2.09. The second-order valence-corrected chi connectivity index (χ2v) is 5.83. The second-order valence-electron chi connectivity index (χ2n) is 3.81. The predicted octanol–water partition coefficient (Wildman–Crippen LogP) is 1.24. The molecule has 3 nitrogen and oxygen atoms in total. The van der Waals surface area contributed by atoms with E-state index in [-0.39, 0.29) is 0 Å². The van der Waals surface area contributed by atoms with E-state index in [9.17, 15) is 8.42 Å². The number of nitrogens with one attached hydrogen (secondary N) is 1. The molecule has 1 atom stereocenters. The van der Waals surface area contributed by atoms with Gasteiger partial charge in [0.25, 0.3) is 0 Å². The smallest absolute Gasteiger partial charge is 0.175 e. The molecule has 1 rings (SSSR count). The number of likely N-dealkylation sites (N-methyl/N-ethyl adjacent to an activating group) is 1. The van der Waals surface area contributed by atoms with E-state index in [2.05, 4.69) is 12.2 Å². The SMILES string of the molecule is CN[C@@H](C)Cc1ccc(S(C)(=O)=O)cc1. The number of hydrogen-bond acceptors (Lipinski definition) is 3. The summed E-state index contributed by atoms with van der Waals surface area (Å²) in [5, 5.41) is 3.14. The highest BCUT2D eigenvalue weighted by atomic mass is 32.2. The van der Waals surface area contributed by atoms with Crippen LogP contribution >= 0.6 is 0 Å². The summed E-state index contributed by atoms with van der Waals surface area (Å²) in [6.07, 6.45) is 2.12. The first kappa shape index (κ1) is 12.2. The van der Waals surface area contributed by atoms with Crippen molar-refractivity contribution < 1.29 is 8.42 Å². The highest BCUT2D eigenvalue weighted by Gasteiger charge is 2.06. The van der Waals surface area contributed by atoms with Gasteiger partial charge < -0.3 is 5.32 Å². The molecule has 4 heteroatoms. The van der Waals surface area contributed by atoms with E-state index in [0.29, 0.717) is 10.9 Å². The molecule has 0 aliphatic rings. The Morgan fingerprint density at radius 1 is 1.27 bits per heavy atom. The predicted molar refractivity (Wildman–Crippen MR) is 61.8 cm³/mol. The molecule has 0 spiro atoms. The van der Waals surface area contributed by atoms with E-state index >= 15 is 0 Å². The molecule has 0 heterocycles. The maximum atomic E-state index is 11.2. The van der Waals surface area contributed by atoms with Crippen LogP contribution in [0.3, 0.4) is 0 Å². The summed E-state index contributed by atoms with van der Waals surface area (Å²) in [4.78, 5) is 0.378. The number of rotatable bonds is 4. The van der Waals surface area contributed by atoms with E-state index in [1.54, 1.807) is 12.1 Å². The van der Waals surface area contributed by atoms with Crippen LogP contribution in [-0.2, 0) is 16.3 Å². The van der Waals surface area contributed by atoms with E-state index in [4.69, 9.17) is 0 Å². The first-order valence-corrected chi connectivity index (χ1v) is 6.79. The summed E-state index contributed by atoms with van der Waals surface area (Å²) in [5.74, 6) is 0. The number of benzene rings is 1. The Hall–Kier alpha value is -0.870. The topological polar surface area (TPSA) is 46.2 Å². The minimum atomic E-state index is -3.07. The minimum Gasteiger partial charge on any atom is -0.317 e. The van der Waals surface area contributed by atoms with Crippen LogP contribution in [-0.4, -0.2) is 27.8 Å². The van der Waals surface area contributed by atoms with Gasteiger partial charge in [0.2, 0.25) is 0 Å². The van der Waals surface area contributed by atoms with Gasteiger partial charge in [-0.1, -0.05) is 12.1 Å². The molecule has 0 unspecified atom stereocenters. The molecule has 0 aliphatic heterocycles. The molecule has 15 heavy (non-hydrogen) atoms. The summed E-state index contributed by atoms with van der Waals surface area (Å²) < 4.78 is 22.4. The fraction of sp³-hybridized carbons (Fsp3) is 0.455. The first-order chi connectivity index (χ1) is 6.93. The fourth-order valence-electron chi connectivity index (χ4n) is 1.33. The Morgan fingerprint density at radius 2 is 1.80 bits per heavy atom. The van der Waals surface area contributed by atoms with Crippen LogP contribution < -0.4 is 5.32 Å². The van der Waals surface area contributed by atoms with E-state index in [1.807, 2.05) is 19.2 Å². The van der Waals surface area contributed by atoms with Crippen molar-refractivity contribution in [3.63, 3.8) is 0 Å². The Labute approximate surface area is 91.4 Å². The normalized spacial score (nSPS) is 13.8. The molecule has 0 saturated heterocycles.